The summed E-state index contributed by atoms with van der Waals surface area (Å²) in [7, 11) is 0. The fourth-order valence-corrected chi connectivity index (χ4v) is 1.81. The third-order valence-corrected chi connectivity index (χ3v) is 2.88. The van der Waals surface area contributed by atoms with Gasteiger partial charge < -0.3 is 10.6 Å². The number of halogens is 1. The van der Waals surface area contributed by atoms with Gasteiger partial charge in [0.15, 0.2) is 0 Å². The van der Waals surface area contributed by atoms with Crippen LogP contribution in [0.5, 0.6) is 0 Å². The molecule has 0 aliphatic rings. The summed E-state index contributed by atoms with van der Waals surface area (Å²) in [5.41, 5.74) is 1.86. The SMILES string of the molecule is CC(=O)Nc1ccc(C#CCNC(=O)c2ccc(F)cc2)cc1. The van der Waals surface area contributed by atoms with Gasteiger partial charge in [-0.3, -0.25) is 9.59 Å². The zero-order valence-corrected chi connectivity index (χ0v) is 12.5. The Morgan fingerprint density at radius 1 is 1.04 bits per heavy atom. The van der Waals surface area contributed by atoms with Gasteiger partial charge in [-0.15, -0.1) is 0 Å². The van der Waals surface area contributed by atoms with Crippen molar-refractivity contribution < 1.29 is 14.0 Å². The molecule has 0 spiro atoms. The fourth-order valence-electron chi connectivity index (χ4n) is 1.81. The topological polar surface area (TPSA) is 58.2 Å². The molecule has 0 unspecified atom stereocenters. The Bertz CT molecular complexity index is 756. The first-order valence-corrected chi connectivity index (χ1v) is 6.95. The van der Waals surface area contributed by atoms with Gasteiger partial charge in [0.05, 0.1) is 6.54 Å². The van der Waals surface area contributed by atoms with E-state index in [1.165, 1.54) is 31.2 Å². The lowest BCUT2D eigenvalue weighted by Crippen LogP contribution is -2.23. The van der Waals surface area contributed by atoms with Crippen LogP contribution in [0.25, 0.3) is 0 Å². The van der Waals surface area contributed by atoms with Crippen molar-refractivity contribution in [1.29, 1.82) is 0 Å². The van der Waals surface area contributed by atoms with E-state index in [-0.39, 0.29) is 24.2 Å². The Morgan fingerprint density at radius 3 is 2.30 bits per heavy atom. The van der Waals surface area contributed by atoms with Crippen LogP contribution in [-0.2, 0) is 4.79 Å². The lowest BCUT2D eigenvalue weighted by molar-refractivity contribution is -0.114. The number of hydrogen-bond donors (Lipinski definition) is 2. The maximum atomic E-state index is 12.8. The van der Waals surface area contributed by atoms with Crippen LogP contribution in [0.4, 0.5) is 10.1 Å². The van der Waals surface area contributed by atoms with Crippen molar-refractivity contribution in [2.75, 3.05) is 11.9 Å². The molecular weight excluding hydrogens is 295 g/mol. The first-order valence-electron chi connectivity index (χ1n) is 6.95. The Kier molecular flexibility index (Phi) is 5.48. The van der Waals surface area contributed by atoms with Gasteiger partial charge in [0.2, 0.25) is 5.91 Å². The van der Waals surface area contributed by atoms with Crippen molar-refractivity contribution in [3.63, 3.8) is 0 Å². The zero-order valence-electron chi connectivity index (χ0n) is 12.5. The molecule has 5 heteroatoms. The molecule has 2 amide bonds. The first kappa shape index (κ1) is 16.2. The summed E-state index contributed by atoms with van der Waals surface area (Å²) in [4.78, 5) is 22.7. The molecule has 0 aromatic heterocycles. The van der Waals surface area contributed by atoms with E-state index >= 15 is 0 Å². The van der Waals surface area contributed by atoms with Gasteiger partial charge in [-0.1, -0.05) is 11.8 Å². The van der Waals surface area contributed by atoms with Gasteiger partial charge in [0.1, 0.15) is 5.82 Å². The van der Waals surface area contributed by atoms with E-state index in [9.17, 15) is 14.0 Å². The molecule has 0 saturated carbocycles. The Hall–Kier alpha value is -3.13. The van der Waals surface area contributed by atoms with Crippen LogP contribution in [0.1, 0.15) is 22.8 Å². The van der Waals surface area contributed by atoms with Crippen molar-refractivity contribution in [3.05, 3.63) is 65.5 Å². The van der Waals surface area contributed by atoms with Crippen molar-refractivity contribution in [2.45, 2.75) is 6.92 Å². The quantitative estimate of drug-likeness (QED) is 0.856. The molecule has 23 heavy (non-hydrogen) atoms. The standard InChI is InChI=1S/C18H15FN2O2/c1-13(22)21-17-10-4-14(5-11-17)3-2-12-20-18(23)15-6-8-16(19)9-7-15/h4-11H,12H2,1H3,(H,20,23)(H,21,22). The minimum atomic E-state index is -0.385. The van der Waals surface area contributed by atoms with E-state index in [1.807, 2.05) is 0 Å². The number of rotatable bonds is 3. The van der Waals surface area contributed by atoms with E-state index in [1.54, 1.807) is 24.3 Å². The molecule has 4 nitrogen and oxygen atoms in total. The number of hydrogen-bond acceptors (Lipinski definition) is 2. The highest BCUT2D eigenvalue weighted by molar-refractivity contribution is 5.94. The van der Waals surface area contributed by atoms with Gasteiger partial charge in [-0.2, -0.15) is 0 Å². The van der Waals surface area contributed by atoms with Crippen LogP contribution in [0.3, 0.4) is 0 Å². The highest BCUT2D eigenvalue weighted by Gasteiger charge is 2.03. The van der Waals surface area contributed by atoms with Crippen molar-refractivity contribution in [2.24, 2.45) is 0 Å². The molecule has 2 aromatic rings. The highest BCUT2D eigenvalue weighted by atomic mass is 19.1. The summed E-state index contributed by atoms with van der Waals surface area (Å²) in [6, 6.07) is 12.4. The van der Waals surface area contributed by atoms with Crippen molar-refractivity contribution in [3.8, 4) is 11.8 Å². The number of carbonyl (C=O) groups is 2. The van der Waals surface area contributed by atoms with Gasteiger partial charge >= 0.3 is 0 Å². The molecule has 0 saturated heterocycles. The lowest BCUT2D eigenvalue weighted by Gasteiger charge is -2.01. The van der Waals surface area contributed by atoms with Gasteiger partial charge in [-0.25, -0.2) is 4.39 Å². The molecule has 116 valence electrons. The van der Waals surface area contributed by atoms with Crippen molar-refractivity contribution in [1.82, 2.24) is 5.32 Å². The van der Waals surface area contributed by atoms with E-state index in [0.29, 0.717) is 11.3 Å². The largest absolute Gasteiger partial charge is 0.341 e. The van der Waals surface area contributed by atoms with E-state index in [2.05, 4.69) is 22.5 Å². The summed E-state index contributed by atoms with van der Waals surface area (Å²) in [6.07, 6.45) is 0. The molecular formula is C18H15FN2O2. The average molecular weight is 310 g/mol. The number of amides is 2. The van der Waals surface area contributed by atoms with Gasteiger partial charge in [0.25, 0.3) is 5.91 Å². The molecule has 2 aromatic carbocycles. The predicted molar refractivity (Wildman–Crippen MR) is 86.4 cm³/mol. The van der Waals surface area contributed by atoms with Crippen LogP contribution in [0.15, 0.2) is 48.5 Å². The maximum Gasteiger partial charge on any atom is 0.252 e. The summed E-state index contributed by atoms with van der Waals surface area (Å²) in [5.74, 6) is 4.91. The summed E-state index contributed by atoms with van der Waals surface area (Å²) in [5, 5.41) is 5.30. The molecule has 2 N–H and O–H groups in total. The summed E-state index contributed by atoms with van der Waals surface area (Å²) in [6.45, 7) is 1.63. The highest BCUT2D eigenvalue weighted by Crippen LogP contribution is 2.08. The second-order valence-corrected chi connectivity index (χ2v) is 4.75. The number of anilines is 1. The van der Waals surface area contributed by atoms with Crippen LogP contribution >= 0.6 is 0 Å². The molecule has 0 aliphatic carbocycles. The van der Waals surface area contributed by atoms with Crippen molar-refractivity contribution >= 4 is 17.5 Å². The second kappa shape index (κ2) is 7.76. The minimum absolute atomic E-state index is 0.132. The molecule has 0 fully saturated rings. The van der Waals surface area contributed by atoms with E-state index in [4.69, 9.17) is 0 Å². The number of carbonyl (C=O) groups excluding carboxylic acids is 2. The Balaban J connectivity index is 1.86. The number of nitrogens with one attached hydrogen (secondary N) is 2. The Morgan fingerprint density at radius 2 is 1.70 bits per heavy atom. The molecule has 0 radical (unpaired) electrons. The fraction of sp³-hybridized carbons (Fsp3) is 0.111. The average Bonchev–Trinajstić information content (AvgIpc) is 2.53. The third kappa shape index (κ3) is 5.29. The molecule has 0 heterocycles. The van der Waals surface area contributed by atoms with Crippen LogP contribution in [0.2, 0.25) is 0 Å². The lowest BCUT2D eigenvalue weighted by atomic mass is 10.2. The molecule has 0 bridgehead atoms. The summed E-state index contributed by atoms with van der Waals surface area (Å²) >= 11 is 0. The maximum absolute atomic E-state index is 12.8. The Labute approximate surface area is 133 Å². The minimum Gasteiger partial charge on any atom is -0.341 e. The summed E-state index contributed by atoms with van der Waals surface area (Å²) < 4.78 is 12.8. The molecule has 0 atom stereocenters. The predicted octanol–water partition coefficient (Wildman–Crippen LogP) is 2.57. The first-order chi connectivity index (χ1) is 11.0. The molecule has 0 aliphatic heterocycles. The normalized spacial score (nSPS) is 9.48. The second-order valence-electron chi connectivity index (χ2n) is 4.75. The van der Waals surface area contributed by atoms with Gasteiger partial charge in [0, 0.05) is 23.7 Å². The van der Waals surface area contributed by atoms with Crippen LogP contribution < -0.4 is 10.6 Å². The van der Waals surface area contributed by atoms with E-state index < -0.39 is 0 Å². The smallest absolute Gasteiger partial charge is 0.252 e. The van der Waals surface area contributed by atoms with Crippen LogP contribution in [0, 0.1) is 17.7 Å². The zero-order chi connectivity index (χ0) is 16.7. The molecule has 2 rings (SSSR count). The van der Waals surface area contributed by atoms with Gasteiger partial charge in [-0.05, 0) is 48.5 Å². The van der Waals surface area contributed by atoms with E-state index in [0.717, 1.165) is 5.56 Å². The number of benzene rings is 2. The third-order valence-electron chi connectivity index (χ3n) is 2.88. The monoisotopic (exact) mass is 310 g/mol. The van der Waals surface area contributed by atoms with Crippen LogP contribution in [-0.4, -0.2) is 18.4 Å².